The molecule has 256 valence electrons. The predicted octanol–water partition coefficient (Wildman–Crippen LogP) is 13.4. The largest absolute Gasteiger partial charge is 0.313 e. The summed E-state index contributed by atoms with van der Waals surface area (Å²) in [6, 6.07) is 50.6. The van der Waals surface area contributed by atoms with E-state index in [0.29, 0.717) is 0 Å². The maximum absolute atomic E-state index is 5.35. The third-order valence-electron chi connectivity index (χ3n) is 11.3. The lowest BCUT2D eigenvalue weighted by Gasteiger charge is -2.22. The summed E-state index contributed by atoms with van der Waals surface area (Å²) in [7, 11) is 0. The van der Waals surface area contributed by atoms with Crippen molar-refractivity contribution in [1.82, 2.24) is 14.5 Å². The van der Waals surface area contributed by atoms with Gasteiger partial charge in [0, 0.05) is 59.4 Å². The molecule has 6 aromatic carbocycles. The van der Waals surface area contributed by atoms with Gasteiger partial charge < -0.3 is 4.57 Å². The van der Waals surface area contributed by atoms with E-state index in [1.54, 1.807) is 0 Å². The molecule has 0 spiro atoms. The van der Waals surface area contributed by atoms with Gasteiger partial charge in [-0.15, -0.1) is 11.3 Å². The van der Waals surface area contributed by atoms with Gasteiger partial charge in [-0.3, -0.25) is 0 Å². The van der Waals surface area contributed by atoms with Crippen LogP contribution in [0.3, 0.4) is 0 Å². The second-order valence-corrected chi connectivity index (χ2v) is 15.5. The van der Waals surface area contributed by atoms with Crippen LogP contribution in [0.1, 0.15) is 41.3 Å². The Labute approximate surface area is 317 Å². The first-order valence-corrected chi connectivity index (χ1v) is 19.6. The fourth-order valence-corrected chi connectivity index (χ4v) is 9.86. The fraction of sp³-hybridized carbons (Fsp3) is 0.0800. The van der Waals surface area contributed by atoms with Gasteiger partial charge in [0.05, 0.1) is 16.7 Å². The molecule has 0 radical (unpaired) electrons. The van der Waals surface area contributed by atoms with Crippen LogP contribution in [0.2, 0.25) is 0 Å². The normalized spacial score (nSPS) is 15.3. The highest BCUT2D eigenvalue weighted by molar-refractivity contribution is 7.26. The minimum absolute atomic E-state index is 0.236. The quantitative estimate of drug-likeness (QED) is 0.178. The Balaban J connectivity index is 0.984. The van der Waals surface area contributed by atoms with Gasteiger partial charge in [-0.05, 0) is 77.9 Å². The third-order valence-corrected chi connectivity index (χ3v) is 12.5. The Bertz CT molecular complexity index is 3010. The number of aromatic nitrogens is 3. The lowest BCUT2D eigenvalue weighted by Crippen LogP contribution is -2.10. The molecule has 2 aliphatic carbocycles. The molecule has 3 nitrogen and oxygen atoms in total. The lowest BCUT2D eigenvalue weighted by atomic mass is 9.86. The van der Waals surface area contributed by atoms with Gasteiger partial charge in [0.25, 0.3) is 0 Å². The van der Waals surface area contributed by atoms with E-state index in [-0.39, 0.29) is 5.92 Å². The molecule has 11 rings (SSSR count). The number of benzene rings is 6. The summed E-state index contributed by atoms with van der Waals surface area (Å²) in [6.45, 7) is 0. The molecule has 0 amide bonds. The van der Waals surface area contributed by atoms with Crippen molar-refractivity contribution < 1.29 is 0 Å². The zero-order valence-electron chi connectivity index (χ0n) is 29.6. The zero-order chi connectivity index (χ0) is 35.6. The monoisotopic (exact) mass is 709 g/mol. The number of hydrogen-bond acceptors (Lipinski definition) is 3. The minimum Gasteiger partial charge on any atom is -0.313 e. The van der Waals surface area contributed by atoms with Gasteiger partial charge in [0.15, 0.2) is 5.82 Å². The van der Waals surface area contributed by atoms with Gasteiger partial charge in [-0.2, -0.15) is 0 Å². The van der Waals surface area contributed by atoms with Gasteiger partial charge in [-0.25, -0.2) is 9.97 Å². The van der Waals surface area contributed by atoms with Crippen molar-refractivity contribution in [1.29, 1.82) is 0 Å². The Morgan fingerprint density at radius 1 is 0.667 bits per heavy atom. The van der Waals surface area contributed by atoms with Crippen LogP contribution in [-0.2, 0) is 6.42 Å². The van der Waals surface area contributed by atoms with E-state index in [0.717, 1.165) is 47.2 Å². The number of para-hydroxylation sites is 2. The van der Waals surface area contributed by atoms with Gasteiger partial charge in [0.1, 0.15) is 0 Å². The highest BCUT2D eigenvalue weighted by Crippen LogP contribution is 2.42. The highest BCUT2D eigenvalue weighted by atomic mass is 32.1. The molecule has 0 aliphatic heterocycles. The van der Waals surface area contributed by atoms with Crippen LogP contribution in [0.5, 0.6) is 0 Å². The predicted molar refractivity (Wildman–Crippen MR) is 228 cm³/mol. The van der Waals surface area contributed by atoms with Crippen molar-refractivity contribution in [2.45, 2.75) is 25.2 Å². The Hall–Kier alpha value is -6.36. The van der Waals surface area contributed by atoms with Crippen molar-refractivity contribution in [3.8, 4) is 28.2 Å². The second-order valence-electron chi connectivity index (χ2n) is 14.4. The SMILES string of the molecule is C1=CCCC(c2nc(-c3ccc(-c4cccc5c4sc4ccccc45)cc3)nc3ccc(C4C=Cc5c(n(-c6ccccc6)c6ccccc56)C4)cc23)=C1. The summed E-state index contributed by atoms with van der Waals surface area (Å²) >= 11 is 1.87. The molecular weight excluding hydrogens is 675 g/mol. The number of rotatable bonds is 5. The minimum atomic E-state index is 0.236. The van der Waals surface area contributed by atoms with Crippen molar-refractivity contribution in [3.05, 3.63) is 186 Å². The summed E-state index contributed by atoms with van der Waals surface area (Å²) in [6.07, 6.45) is 14.3. The number of fused-ring (bicyclic) bond motifs is 7. The molecule has 3 heterocycles. The highest BCUT2D eigenvalue weighted by Gasteiger charge is 2.25. The lowest BCUT2D eigenvalue weighted by molar-refractivity contribution is 0.784. The molecular formula is C50H35N3S. The maximum atomic E-state index is 5.35. The number of allylic oxidation sites excluding steroid dienone is 5. The molecule has 0 saturated heterocycles. The molecule has 0 fully saturated rings. The van der Waals surface area contributed by atoms with Crippen LogP contribution < -0.4 is 0 Å². The van der Waals surface area contributed by atoms with E-state index in [1.807, 2.05) is 11.3 Å². The molecule has 0 N–H and O–H groups in total. The van der Waals surface area contributed by atoms with E-state index in [9.17, 15) is 0 Å². The van der Waals surface area contributed by atoms with Gasteiger partial charge >= 0.3 is 0 Å². The van der Waals surface area contributed by atoms with E-state index in [2.05, 4.69) is 174 Å². The summed E-state index contributed by atoms with van der Waals surface area (Å²) in [5.74, 6) is 1.00. The number of nitrogens with zero attached hydrogens (tertiary/aromatic N) is 3. The molecule has 1 unspecified atom stereocenters. The molecule has 0 bridgehead atoms. The van der Waals surface area contributed by atoms with Crippen LogP contribution in [0.25, 0.3) is 81.8 Å². The topological polar surface area (TPSA) is 30.7 Å². The van der Waals surface area contributed by atoms with Gasteiger partial charge in [-0.1, -0.05) is 134 Å². The van der Waals surface area contributed by atoms with Crippen LogP contribution in [0.15, 0.2) is 164 Å². The summed E-state index contributed by atoms with van der Waals surface area (Å²) in [5, 5.41) is 5.06. The van der Waals surface area contributed by atoms with E-state index in [1.165, 1.54) is 70.3 Å². The summed E-state index contributed by atoms with van der Waals surface area (Å²) in [5.41, 5.74) is 13.2. The number of thiophene rings is 1. The summed E-state index contributed by atoms with van der Waals surface area (Å²) in [4.78, 5) is 10.6. The first kappa shape index (κ1) is 31.2. The van der Waals surface area contributed by atoms with Gasteiger partial charge in [0.2, 0.25) is 0 Å². The zero-order valence-corrected chi connectivity index (χ0v) is 30.4. The van der Waals surface area contributed by atoms with Crippen LogP contribution >= 0.6 is 11.3 Å². The third kappa shape index (κ3) is 5.09. The van der Waals surface area contributed by atoms with E-state index >= 15 is 0 Å². The Kier molecular flexibility index (Phi) is 7.31. The summed E-state index contributed by atoms with van der Waals surface area (Å²) < 4.78 is 5.11. The van der Waals surface area contributed by atoms with E-state index in [4.69, 9.17) is 9.97 Å². The molecule has 0 saturated carbocycles. The molecule has 4 heteroatoms. The van der Waals surface area contributed by atoms with Crippen molar-refractivity contribution >= 4 is 65.0 Å². The molecule has 1 atom stereocenters. The average Bonchev–Trinajstić information content (AvgIpc) is 3.79. The molecule has 3 aromatic heterocycles. The standard InChI is InChI=1S/C50H35N3S/c1-3-12-33(13-4-1)48-43-30-35(36-26-28-40-39-16-7-9-20-45(39)53(46(40)31-36)37-14-5-2-6-15-37)27-29-44(43)51-50(52-48)34-24-22-32(23-25-34)38-18-11-19-42-41-17-8-10-21-47(41)54-49(38)42/h1-3,5-12,14-30,36H,4,13,31H2. The Morgan fingerprint density at radius 2 is 1.46 bits per heavy atom. The first-order chi connectivity index (χ1) is 26.8. The van der Waals surface area contributed by atoms with Crippen LogP contribution in [0.4, 0.5) is 0 Å². The second kappa shape index (κ2) is 12.6. The van der Waals surface area contributed by atoms with Crippen LogP contribution in [-0.4, -0.2) is 14.5 Å². The fourth-order valence-electron chi connectivity index (χ4n) is 8.62. The van der Waals surface area contributed by atoms with Crippen LogP contribution in [0, 0.1) is 0 Å². The molecule has 9 aromatic rings. The van der Waals surface area contributed by atoms with Crippen molar-refractivity contribution in [2.24, 2.45) is 0 Å². The van der Waals surface area contributed by atoms with Crippen molar-refractivity contribution in [2.75, 3.05) is 0 Å². The molecule has 2 aliphatic rings. The smallest absolute Gasteiger partial charge is 0.160 e. The Morgan fingerprint density at radius 3 is 2.33 bits per heavy atom. The maximum Gasteiger partial charge on any atom is 0.160 e. The number of hydrogen-bond donors (Lipinski definition) is 0. The van der Waals surface area contributed by atoms with Crippen molar-refractivity contribution in [3.63, 3.8) is 0 Å². The molecule has 54 heavy (non-hydrogen) atoms. The van der Waals surface area contributed by atoms with E-state index < -0.39 is 0 Å². The average molecular weight is 710 g/mol. The first-order valence-electron chi connectivity index (χ1n) is 18.8.